The highest BCUT2D eigenvalue weighted by atomic mass is 15.2. The van der Waals surface area contributed by atoms with Crippen LogP contribution in [0.1, 0.15) is 50.3 Å². The predicted octanol–water partition coefficient (Wildman–Crippen LogP) is 3.55. The van der Waals surface area contributed by atoms with Gasteiger partial charge < -0.3 is 0 Å². The Morgan fingerprint density at radius 2 is 1.89 bits per heavy atom. The number of aromatic amines is 1. The fourth-order valence-corrected chi connectivity index (χ4v) is 2.24. The maximum Gasteiger partial charge on any atom is 0.158 e. The Morgan fingerprint density at radius 3 is 2.44 bits per heavy atom. The first-order valence-electron chi connectivity index (χ1n) is 6.72. The van der Waals surface area contributed by atoms with Gasteiger partial charge >= 0.3 is 0 Å². The van der Waals surface area contributed by atoms with Crippen molar-refractivity contribution in [3.05, 3.63) is 47.5 Å². The van der Waals surface area contributed by atoms with Crippen molar-refractivity contribution in [3.63, 3.8) is 0 Å². The molecule has 0 aliphatic carbocycles. The Balaban J connectivity index is 2.37. The number of aromatic nitrogens is 3. The van der Waals surface area contributed by atoms with Gasteiger partial charge in [-0.3, -0.25) is 5.10 Å². The minimum absolute atomic E-state index is 0.285. The highest BCUT2D eigenvalue weighted by Crippen LogP contribution is 2.31. The molecule has 2 rings (SSSR count). The van der Waals surface area contributed by atoms with Crippen LogP contribution in [0.2, 0.25) is 0 Å². The topological polar surface area (TPSA) is 41.6 Å². The molecule has 3 nitrogen and oxygen atoms in total. The maximum absolute atomic E-state index is 4.61. The summed E-state index contributed by atoms with van der Waals surface area (Å²) in [5, 5.41) is 7.42. The zero-order valence-corrected chi connectivity index (χ0v) is 11.4. The normalized spacial score (nSPS) is 14.4. The summed E-state index contributed by atoms with van der Waals surface area (Å²) in [6.45, 7) is 6.57. The van der Waals surface area contributed by atoms with E-state index in [9.17, 15) is 0 Å². The van der Waals surface area contributed by atoms with Crippen LogP contribution in [0.25, 0.3) is 0 Å². The van der Waals surface area contributed by atoms with Crippen molar-refractivity contribution in [2.24, 2.45) is 5.92 Å². The third kappa shape index (κ3) is 2.61. The zero-order valence-electron chi connectivity index (χ0n) is 11.4. The number of hydrogen-bond donors (Lipinski definition) is 1. The Labute approximate surface area is 109 Å². The highest BCUT2D eigenvalue weighted by Gasteiger charge is 2.23. The lowest BCUT2D eigenvalue weighted by molar-refractivity contribution is 0.479. The number of hydrogen-bond acceptors (Lipinski definition) is 2. The summed E-state index contributed by atoms with van der Waals surface area (Å²) in [5.74, 6) is 2.71. The van der Waals surface area contributed by atoms with E-state index >= 15 is 0 Å². The van der Waals surface area contributed by atoms with E-state index in [4.69, 9.17) is 0 Å². The summed E-state index contributed by atoms with van der Waals surface area (Å²) in [6, 6.07) is 10.5. The molecule has 0 saturated carbocycles. The lowest BCUT2D eigenvalue weighted by Crippen LogP contribution is -2.12. The van der Waals surface area contributed by atoms with Crippen LogP contribution < -0.4 is 0 Å². The Bertz CT molecular complexity index is 475. The quantitative estimate of drug-likeness (QED) is 0.872. The molecular formula is C15H21N3. The van der Waals surface area contributed by atoms with Crippen LogP contribution in [0.3, 0.4) is 0 Å². The first kappa shape index (κ1) is 12.8. The molecule has 1 aromatic carbocycles. The SMILES string of the molecule is CCc1nc(C(c2ccccc2)C(C)CC)n[nH]1. The molecule has 96 valence electrons. The van der Waals surface area contributed by atoms with Crippen LogP contribution in [0.4, 0.5) is 0 Å². The van der Waals surface area contributed by atoms with Crippen molar-refractivity contribution in [2.45, 2.75) is 39.5 Å². The molecular weight excluding hydrogens is 222 g/mol. The van der Waals surface area contributed by atoms with Gasteiger partial charge in [0.2, 0.25) is 0 Å². The van der Waals surface area contributed by atoms with E-state index in [0.717, 1.165) is 24.5 Å². The minimum Gasteiger partial charge on any atom is -0.263 e. The van der Waals surface area contributed by atoms with Crippen molar-refractivity contribution in [3.8, 4) is 0 Å². The molecule has 0 radical (unpaired) electrons. The molecule has 0 amide bonds. The summed E-state index contributed by atoms with van der Waals surface area (Å²) in [7, 11) is 0. The van der Waals surface area contributed by atoms with E-state index in [1.54, 1.807) is 0 Å². The fourth-order valence-electron chi connectivity index (χ4n) is 2.24. The van der Waals surface area contributed by atoms with Gasteiger partial charge in [-0.2, -0.15) is 5.10 Å². The lowest BCUT2D eigenvalue weighted by Gasteiger charge is -2.20. The van der Waals surface area contributed by atoms with E-state index in [1.165, 1.54) is 5.56 Å². The monoisotopic (exact) mass is 243 g/mol. The van der Waals surface area contributed by atoms with Gasteiger partial charge in [-0.05, 0) is 11.5 Å². The molecule has 1 heterocycles. The molecule has 18 heavy (non-hydrogen) atoms. The first-order valence-corrected chi connectivity index (χ1v) is 6.72. The average Bonchev–Trinajstić information content (AvgIpc) is 2.88. The van der Waals surface area contributed by atoms with Gasteiger partial charge in [0.15, 0.2) is 5.82 Å². The Morgan fingerprint density at radius 1 is 1.17 bits per heavy atom. The summed E-state index contributed by atoms with van der Waals surface area (Å²) in [4.78, 5) is 4.61. The van der Waals surface area contributed by atoms with Gasteiger partial charge in [0, 0.05) is 12.3 Å². The van der Waals surface area contributed by atoms with E-state index in [1.807, 2.05) is 6.07 Å². The van der Waals surface area contributed by atoms with Crippen LogP contribution in [-0.4, -0.2) is 15.2 Å². The van der Waals surface area contributed by atoms with Gasteiger partial charge in [-0.15, -0.1) is 0 Å². The smallest absolute Gasteiger partial charge is 0.158 e. The van der Waals surface area contributed by atoms with Crippen molar-refractivity contribution >= 4 is 0 Å². The fraction of sp³-hybridized carbons (Fsp3) is 0.467. The largest absolute Gasteiger partial charge is 0.263 e. The standard InChI is InChI=1S/C15H21N3/c1-4-11(3)14(12-9-7-6-8-10-12)15-16-13(5-2)17-18-15/h6-11,14H,4-5H2,1-3H3,(H,16,17,18). The first-order chi connectivity index (χ1) is 8.76. The van der Waals surface area contributed by atoms with Crippen LogP contribution in [0.5, 0.6) is 0 Å². The molecule has 0 fully saturated rings. The summed E-state index contributed by atoms with van der Waals surface area (Å²) in [6.07, 6.45) is 2.02. The summed E-state index contributed by atoms with van der Waals surface area (Å²) >= 11 is 0. The van der Waals surface area contributed by atoms with Gasteiger partial charge in [-0.25, -0.2) is 4.98 Å². The molecule has 0 aliphatic rings. The molecule has 1 aromatic heterocycles. The second-order valence-electron chi connectivity index (χ2n) is 4.77. The minimum atomic E-state index is 0.285. The Kier molecular flexibility index (Phi) is 4.13. The highest BCUT2D eigenvalue weighted by molar-refractivity contribution is 5.26. The van der Waals surface area contributed by atoms with E-state index in [0.29, 0.717) is 5.92 Å². The molecule has 0 bridgehead atoms. The van der Waals surface area contributed by atoms with Crippen LogP contribution in [-0.2, 0) is 6.42 Å². The third-order valence-corrected chi connectivity index (χ3v) is 3.53. The molecule has 2 aromatic rings. The van der Waals surface area contributed by atoms with E-state index < -0.39 is 0 Å². The van der Waals surface area contributed by atoms with Gasteiger partial charge in [-0.1, -0.05) is 57.5 Å². The number of nitrogens with one attached hydrogen (secondary N) is 1. The molecule has 3 heteroatoms. The van der Waals surface area contributed by atoms with Crippen LogP contribution in [0.15, 0.2) is 30.3 Å². The van der Waals surface area contributed by atoms with Gasteiger partial charge in [0.05, 0.1) is 0 Å². The number of rotatable bonds is 5. The van der Waals surface area contributed by atoms with Crippen LogP contribution in [0, 0.1) is 5.92 Å². The molecule has 0 saturated heterocycles. The van der Waals surface area contributed by atoms with Crippen LogP contribution >= 0.6 is 0 Å². The number of aryl methyl sites for hydroxylation is 1. The van der Waals surface area contributed by atoms with Crippen molar-refractivity contribution in [1.82, 2.24) is 15.2 Å². The third-order valence-electron chi connectivity index (χ3n) is 3.53. The molecule has 0 spiro atoms. The molecule has 2 unspecified atom stereocenters. The zero-order chi connectivity index (χ0) is 13.0. The predicted molar refractivity (Wildman–Crippen MR) is 73.5 cm³/mol. The molecule has 0 aliphatic heterocycles. The second kappa shape index (κ2) is 5.80. The van der Waals surface area contributed by atoms with E-state index in [-0.39, 0.29) is 5.92 Å². The number of H-pyrrole nitrogens is 1. The molecule has 2 atom stereocenters. The summed E-state index contributed by atoms with van der Waals surface area (Å²) in [5.41, 5.74) is 1.30. The Hall–Kier alpha value is -1.64. The van der Waals surface area contributed by atoms with Crippen molar-refractivity contribution in [2.75, 3.05) is 0 Å². The lowest BCUT2D eigenvalue weighted by atomic mass is 9.85. The van der Waals surface area contributed by atoms with Crippen molar-refractivity contribution < 1.29 is 0 Å². The maximum atomic E-state index is 4.61. The van der Waals surface area contributed by atoms with Crippen molar-refractivity contribution in [1.29, 1.82) is 0 Å². The molecule has 1 N–H and O–H groups in total. The number of benzene rings is 1. The second-order valence-corrected chi connectivity index (χ2v) is 4.77. The van der Waals surface area contributed by atoms with Gasteiger partial charge in [0.1, 0.15) is 5.82 Å². The van der Waals surface area contributed by atoms with E-state index in [2.05, 4.69) is 60.2 Å². The average molecular weight is 243 g/mol. The number of nitrogens with zero attached hydrogens (tertiary/aromatic N) is 2. The summed E-state index contributed by atoms with van der Waals surface area (Å²) < 4.78 is 0. The van der Waals surface area contributed by atoms with Gasteiger partial charge in [0.25, 0.3) is 0 Å².